The van der Waals surface area contributed by atoms with E-state index in [1.54, 1.807) is 4.90 Å². The van der Waals surface area contributed by atoms with E-state index < -0.39 is 11.9 Å². The SMILES string of the molecule is C[C@@H]1CC[C@H](C(=O)N2CCC[C@H](C(=O)O)[C@@H]2C)O1. The summed E-state index contributed by atoms with van der Waals surface area (Å²) in [6.45, 7) is 4.44. The summed E-state index contributed by atoms with van der Waals surface area (Å²) in [7, 11) is 0. The van der Waals surface area contributed by atoms with Crippen molar-refractivity contribution in [3.05, 3.63) is 0 Å². The van der Waals surface area contributed by atoms with Crippen LogP contribution >= 0.6 is 0 Å². The molecule has 0 unspecified atom stereocenters. The third-order valence-corrected chi connectivity index (χ3v) is 4.10. The Balaban J connectivity index is 2.03. The number of likely N-dealkylation sites (tertiary alicyclic amines) is 1. The van der Waals surface area contributed by atoms with Gasteiger partial charge in [-0.15, -0.1) is 0 Å². The van der Waals surface area contributed by atoms with Crippen molar-refractivity contribution < 1.29 is 19.4 Å². The van der Waals surface area contributed by atoms with Crippen LogP contribution in [0.15, 0.2) is 0 Å². The molecule has 0 aromatic carbocycles. The van der Waals surface area contributed by atoms with Gasteiger partial charge < -0.3 is 14.7 Å². The van der Waals surface area contributed by atoms with Gasteiger partial charge >= 0.3 is 5.97 Å². The van der Waals surface area contributed by atoms with Crippen LogP contribution in [0, 0.1) is 5.92 Å². The first-order valence-corrected chi connectivity index (χ1v) is 6.69. The molecule has 5 nitrogen and oxygen atoms in total. The Morgan fingerprint density at radius 1 is 1.22 bits per heavy atom. The largest absolute Gasteiger partial charge is 0.481 e. The van der Waals surface area contributed by atoms with Gasteiger partial charge in [0.15, 0.2) is 0 Å². The quantitative estimate of drug-likeness (QED) is 0.806. The molecule has 0 aromatic rings. The fourth-order valence-electron chi connectivity index (χ4n) is 2.95. The number of nitrogens with zero attached hydrogens (tertiary/aromatic N) is 1. The maximum absolute atomic E-state index is 12.3. The highest BCUT2D eigenvalue weighted by atomic mass is 16.5. The lowest BCUT2D eigenvalue weighted by Crippen LogP contribution is -2.52. The molecule has 0 bridgehead atoms. The minimum absolute atomic E-state index is 0.0298. The molecule has 1 N–H and O–H groups in total. The molecule has 0 spiro atoms. The van der Waals surface area contributed by atoms with E-state index in [9.17, 15) is 9.59 Å². The average Bonchev–Trinajstić information content (AvgIpc) is 2.75. The molecule has 102 valence electrons. The summed E-state index contributed by atoms with van der Waals surface area (Å²) in [5.41, 5.74) is 0. The second-order valence-corrected chi connectivity index (χ2v) is 5.37. The Morgan fingerprint density at radius 3 is 2.50 bits per heavy atom. The predicted molar refractivity (Wildman–Crippen MR) is 65.1 cm³/mol. The van der Waals surface area contributed by atoms with Crippen LogP contribution in [-0.2, 0) is 14.3 Å². The second kappa shape index (κ2) is 5.26. The van der Waals surface area contributed by atoms with Crippen molar-refractivity contribution in [3.63, 3.8) is 0 Å². The van der Waals surface area contributed by atoms with E-state index in [1.807, 2.05) is 13.8 Å². The Bertz CT molecular complexity index is 344. The second-order valence-electron chi connectivity index (χ2n) is 5.37. The van der Waals surface area contributed by atoms with Gasteiger partial charge in [0, 0.05) is 12.6 Å². The molecule has 1 amide bonds. The van der Waals surface area contributed by atoms with Crippen molar-refractivity contribution in [2.24, 2.45) is 5.92 Å². The van der Waals surface area contributed by atoms with Crippen molar-refractivity contribution >= 4 is 11.9 Å². The van der Waals surface area contributed by atoms with Crippen LogP contribution in [0.4, 0.5) is 0 Å². The van der Waals surface area contributed by atoms with Gasteiger partial charge in [-0.1, -0.05) is 0 Å². The molecule has 2 rings (SSSR count). The number of carbonyl (C=O) groups excluding carboxylic acids is 1. The molecular formula is C13H21NO4. The summed E-state index contributed by atoms with van der Waals surface area (Å²) >= 11 is 0. The standard InChI is InChI=1S/C13H21NO4/c1-8-5-6-11(18-8)12(15)14-7-3-4-10(9(14)2)13(16)17/h8-11H,3-7H2,1-2H3,(H,16,17)/t8-,9+,10+,11-/m1/s1. The van der Waals surface area contributed by atoms with E-state index in [0.717, 1.165) is 19.3 Å². The zero-order valence-corrected chi connectivity index (χ0v) is 11.0. The highest BCUT2D eigenvalue weighted by Gasteiger charge is 2.39. The molecule has 2 saturated heterocycles. The van der Waals surface area contributed by atoms with Crippen molar-refractivity contribution in [1.82, 2.24) is 4.90 Å². The molecule has 2 aliphatic rings. The Hall–Kier alpha value is -1.10. The molecule has 4 atom stereocenters. The topological polar surface area (TPSA) is 66.8 Å². The van der Waals surface area contributed by atoms with Crippen LogP contribution in [0.25, 0.3) is 0 Å². The van der Waals surface area contributed by atoms with Gasteiger partial charge in [-0.25, -0.2) is 0 Å². The molecule has 2 fully saturated rings. The number of carbonyl (C=O) groups is 2. The van der Waals surface area contributed by atoms with Crippen LogP contribution in [0.5, 0.6) is 0 Å². The van der Waals surface area contributed by atoms with Crippen LogP contribution in [0.3, 0.4) is 0 Å². The third kappa shape index (κ3) is 2.51. The first kappa shape index (κ1) is 13.3. The van der Waals surface area contributed by atoms with Gasteiger partial charge in [0.25, 0.3) is 5.91 Å². The minimum atomic E-state index is -0.805. The summed E-state index contributed by atoms with van der Waals surface area (Å²) in [4.78, 5) is 25.2. The Morgan fingerprint density at radius 2 is 1.94 bits per heavy atom. The highest BCUT2D eigenvalue weighted by molar-refractivity contribution is 5.82. The predicted octanol–water partition coefficient (Wildman–Crippen LogP) is 1.27. The van der Waals surface area contributed by atoms with E-state index in [1.165, 1.54) is 0 Å². The van der Waals surface area contributed by atoms with E-state index in [0.29, 0.717) is 13.0 Å². The average molecular weight is 255 g/mol. The number of aliphatic carboxylic acids is 1. The Labute approximate surface area is 107 Å². The number of carboxylic acid groups (broad SMARTS) is 1. The van der Waals surface area contributed by atoms with Crippen molar-refractivity contribution in [1.29, 1.82) is 0 Å². The van der Waals surface area contributed by atoms with E-state index in [2.05, 4.69) is 0 Å². The van der Waals surface area contributed by atoms with Crippen LogP contribution < -0.4 is 0 Å². The number of hydrogen-bond acceptors (Lipinski definition) is 3. The number of ether oxygens (including phenoxy) is 1. The maximum Gasteiger partial charge on any atom is 0.308 e. The lowest BCUT2D eigenvalue weighted by molar-refractivity contribution is -0.154. The van der Waals surface area contributed by atoms with Gasteiger partial charge in [-0.2, -0.15) is 0 Å². The molecule has 18 heavy (non-hydrogen) atoms. The smallest absolute Gasteiger partial charge is 0.308 e. The lowest BCUT2D eigenvalue weighted by atomic mass is 9.90. The van der Waals surface area contributed by atoms with E-state index in [4.69, 9.17) is 9.84 Å². The molecule has 0 aliphatic carbocycles. The Kier molecular flexibility index (Phi) is 3.90. The van der Waals surface area contributed by atoms with E-state index in [-0.39, 0.29) is 24.2 Å². The highest BCUT2D eigenvalue weighted by Crippen LogP contribution is 2.27. The molecule has 0 radical (unpaired) electrons. The van der Waals surface area contributed by atoms with Gasteiger partial charge in [0.05, 0.1) is 12.0 Å². The zero-order valence-electron chi connectivity index (χ0n) is 11.0. The molecular weight excluding hydrogens is 234 g/mol. The molecule has 0 aromatic heterocycles. The fraction of sp³-hybridized carbons (Fsp3) is 0.846. The zero-order chi connectivity index (χ0) is 13.3. The summed E-state index contributed by atoms with van der Waals surface area (Å²) < 4.78 is 5.58. The monoisotopic (exact) mass is 255 g/mol. The molecule has 2 aliphatic heterocycles. The minimum Gasteiger partial charge on any atom is -0.481 e. The third-order valence-electron chi connectivity index (χ3n) is 4.10. The maximum atomic E-state index is 12.3. The molecule has 0 saturated carbocycles. The normalized spacial score (nSPS) is 36.7. The van der Waals surface area contributed by atoms with Gasteiger partial charge in [-0.05, 0) is 39.5 Å². The molecule has 2 heterocycles. The molecule has 5 heteroatoms. The van der Waals surface area contributed by atoms with Gasteiger partial charge in [0.2, 0.25) is 0 Å². The number of hydrogen-bond donors (Lipinski definition) is 1. The number of carboxylic acids is 1. The van der Waals surface area contributed by atoms with Crippen molar-refractivity contribution in [2.75, 3.05) is 6.54 Å². The lowest BCUT2D eigenvalue weighted by Gasteiger charge is -2.38. The van der Waals surface area contributed by atoms with Crippen LogP contribution in [0.2, 0.25) is 0 Å². The summed E-state index contributed by atoms with van der Waals surface area (Å²) in [6, 6.07) is -0.233. The van der Waals surface area contributed by atoms with Gasteiger partial charge in [-0.3, -0.25) is 9.59 Å². The van der Waals surface area contributed by atoms with Crippen molar-refractivity contribution in [3.8, 4) is 0 Å². The summed E-state index contributed by atoms with van der Waals surface area (Å²) in [5, 5.41) is 9.15. The first-order chi connectivity index (χ1) is 8.50. The van der Waals surface area contributed by atoms with E-state index >= 15 is 0 Å². The van der Waals surface area contributed by atoms with Gasteiger partial charge in [0.1, 0.15) is 6.10 Å². The first-order valence-electron chi connectivity index (χ1n) is 6.69. The van der Waals surface area contributed by atoms with Crippen LogP contribution in [-0.4, -0.2) is 46.7 Å². The fourth-order valence-corrected chi connectivity index (χ4v) is 2.95. The summed E-state index contributed by atoms with van der Waals surface area (Å²) in [5.74, 6) is -1.28. The summed E-state index contributed by atoms with van der Waals surface area (Å²) in [6.07, 6.45) is 2.84. The number of amides is 1. The van der Waals surface area contributed by atoms with Crippen LogP contribution in [0.1, 0.15) is 39.5 Å². The van der Waals surface area contributed by atoms with Crippen molar-refractivity contribution in [2.45, 2.75) is 57.8 Å². The number of piperidine rings is 1. The number of rotatable bonds is 2.